The molecule has 3 atom stereocenters. The number of thioether (sulfide) groups is 1. The fourth-order valence-corrected chi connectivity index (χ4v) is 4.24. The van der Waals surface area contributed by atoms with Crippen LogP contribution in [-0.2, 0) is 4.74 Å². The molecule has 0 aliphatic carbocycles. The largest absolute Gasteiger partial charge is 0.374 e. The fourth-order valence-electron chi connectivity index (χ4n) is 2.86. The fraction of sp³-hybridized carbons (Fsp3) is 1.00. The highest BCUT2D eigenvalue weighted by Gasteiger charge is 2.41. The van der Waals surface area contributed by atoms with Gasteiger partial charge >= 0.3 is 0 Å². The van der Waals surface area contributed by atoms with Crippen LogP contribution < -0.4 is 11.3 Å². The molecule has 15 heavy (non-hydrogen) atoms. The molecule has 4 heteroatoms. The van der Waals surface area contributed by atoms with Crippen molar-refractivity contribution in [3.63, 3.8) is 0 Å². The zero-order chi connectivity index (χ0) is 10.7. The molecule has 2 saturated heterocycles. The molecule has 2 aliphatic rings. The van der Waals surface area contributed by atoms with Crippen molar-refractivity contribution < 1.29 is 4.74 Å². The molecule has 2 fully saturated rings. The Hall–Kier alpha value is 0.230. The molecule has 3 unspecified atom stereocenters. The summed E-state index contributed by atoms with van der Waals surface area (Å²) >= 11 is 2.03. The van der Waals surface area contributed by atoms with E-state index in [2.05, 4.69) is 12.3 Å². The van der Waals surface area contributed by atoms with Gasteiger partial charge in [-0.15, -0.1) is 0 Å². The van der Waals surface area contributed by atoms with E-state index < -0.39 is 0 Å². The normalized spacial score (nSPS) is 38.4. The number of nitrogens with two attached hydrogens (primary N) is 1. The van der Waals surface area contributed by atoms with Crippen LogP contribution in [0.2, 0.25) is 0 Å². The molecule has 0 aromatic carbocycles. The van der Waals surface area contributed by atoms with Crippen molar-refractivity contribution in [1.29, 1.82) is 0 Å². The minimum absolute atomic E-state index is 0.192. The van der Waals surface area contributed by atoms with Crippen LogP contribution >= 0.6 is 11.8 Å². The smallest absolute Gasteiger partial charge is 0.0783 e. The Morgan fingerprint density at radius 1 is 1.67 bits per heavy atom. The summed E-state index contributed by atoms with van der Waals surface area (Å²) < 4.78 is 6.01. The maximum Gasteiger partial charge on any atom is 0.0783 e. The second-order valence-electron chi connectivity index (χ2n) is 4.77. The standard InChI is InChI=1S/C11H22N2OS/c1-2-10(13-12)9-3-5-14-11(7-9)4-6-15-8-11/h9-10,13H,2-8,12H2,1H3. The highest BCUT2D eigenvalue weighted by molar-refractivity contribution is 7.99. The van der Waals surface area contributed by atoms with Crippen molar-refractivity contribution in [3.05, 3.63) is 0 Å². The zero-order valence-corrected chi connectivity index (χ0v) is 10.3. The van der Waals surface area contributed by atoms with E-state index in [1.165, 1.54) is 24.3 Å². The minimum atomic E-state index is 0.192. The highest BCUT2D eigenvalue weighted by Crippen LogP contribution is 2.41. The molecule has 3 nitrogen and oxygen atoms in total. The van der Waals surface area contributed by atoms with Gasteiger partial charge in [0, 0.05) is 18.4 Å². The van der Waals surface area contributed by atoms with Crippen LogP contribution in [0, 0.1) is 5.92 Å². The molecule has 0 radical (unpaired) electrons. The van der Waals surface area contributed by atoms with Gasteiger partial charge in [-0.2, -0.15) is 11.8 Å². The third-order valence-electron chi connectivity index (χ3n) is 3.82. The summed E-state index contributed by atoms with van der Waals surface area (Å²) in [5.41, 5.74) is 3.16. The van der Waals surface area contributed by atoms with Crippen LogP contribution in [0.5, 0.6) is 0 Å². The van der Waals surface area contributed by atoms with E-state index in [4.69, 9.17) is 10.6 Å². The Morgan fingerprint density at radius 2 is 2.53 bits per heavy atom. The molecule has 3 N–H and O–H groups in total. The predicted octanol–water partition coefficient (Wildman–Crippen LogP) is 1.53. The summed E-state index contributed by atoms with van der Waals surface area (Å²) in [6.45, 7) is 3.12. The lowest BCUT2D eigenvalue weighted by molar-refractivity contribution is -0.0852. The van der Waals surface area contributed by atoms with Gasteiger partial charge in [0.1, 0.15) is 0 Å². The second kappa shape index (κ2) is 5.04. The first kappa shape index (κ1) is 11.7. The molecule has 0 aromatic rings. The molecule has 2 aliphatic heterocycles. The van der Waals surface area contributed by atoms with Crippen molar-refractivity contribution in [2.75, 3.05) is 18.1 Å². The Morgan fingerprint density at radius 3 is 3.13 bits per heavy atom. The van der Waals surface area contributed by atoms with E-state index in [-0.39, 0.29) is 5.60 Å². The topological polar surface area (TPSA) is 47.3 Å². The highest BCUT2D eigenvalue weighted by atomic mass is 32.2. The lowest BCUT2D eigenvalue weighted by atomic mass is 9.80. The summed E-state index contributed by atoms with van der Waals surface area (Å²) in [5, 5.41) is 0. The van der Waals surface area contributed by atoms with Gasteiger partial charge in [-0.1, -0.05) is 6.92 Å². The van der Waals surface area contributed by atoms with Gasteiger partial charge in [0.25, 0.3) is 0 Å². The van der Waals surface area contributed by atoms with Gasteiger partial charge < -0.3 is 4.74 Å². The van der Waals surface area contributed by atoms with Gasteiger partial charge in [0.05, 0.1) is 5.60 Å². The Balaban J connectivity index is 1.96. The SMILES string of the molecule is CCC(NN)C1CCOC2(CCSC2)C1. The second-order valence-corrected chi connectivity index (χ2v) is 5.87. The molecule has 88 valence electrons. The minimum Gasteiger partial charge on any atom is -0.374 e. The maximum absolute atomic E-state index is 6.01. The van der Waals surface area contributed by atoms with E-state index in [1.54, 1.807) is 0 Å². The summed E-state index contributed by atoms with van der Waals surface area (Å²) in [7, 11) is 0. The molecule has 2 heterocycles. The third kappa shape index (κ3) is 2.49. The van der Waals surface area contributed by atoms with Crippen LogP contribution in [0.15, 0.2) is 0 Å². The van der Waals surface area contributed by atoms with Crippen molar-refractivity contribution >= 4 is 11.8 Å². The van der Waals surface area contributed by atoms with Gasteiger partial charge in [-0.25, -0.2) is 0 Å². The lowest BCUT2D eigenvalue weighted by Crippen LogP contribution is -2.48. The van der Waals surface area contributed by atoms with Crippen LogP contribution in [-0.4, -0.2) is 29.8 Å². The average molecular weight is 230 g/mol. The van der Waals surface area contributed by atoms with E-state index in [0.717, 1.165) is 19.4 Å². The molecule has 0 bridgehead atoms. The van der Waals surface area contributed by atoms with Gasteiger partial charge in [0.2, 0.25) is 0 Å². The Kier molecular flexibility index (Phi) is 3.93. The molecular formula is C11H22N2OS. The number of nitrogens with one attached hydrogen (secondary N) is 1. The van der Waals surface area contributed by atoms with E-state index >= 15 is 0 Å². The van der Waals surface area contributed by atoms with Crippen molar-refractivity contribution in [2.24, 2.45) is 11.8 Å². The summed E-state index contributed by atoms with van der Waals surface area (Å²) in [5.74, 6) is 8.76. The van der Waals surface area contributed by atoms with Gasteiger partial charge in [-0.05, 0) is 37.4 Å². The van der Waals surface area contributed by atoms with Crippen LogP contribution in [0.1, 0.15) is 32.6 Å². The van der Waals surface area contributed by atoms with Crippen molar-refractivity contribution in [1.82, 2.24) is 5.43 Å². The molecule has 0 saturated carbocycles. The Bertz CT molecular complexity index is 203. The van der Waals surface area contributed by atoms with Gasteiger partial charge in [-0.3, -0.25) is 11.3 Å². The van der Waals surface area contributed by atoms with Crippen molar-refractivity contribution in [2.45, 2.75) is 44.2 Å². The predicted molar refractivity (Wildman–Crippen MR) is 64.8 cm³/mol. The quantitative estimate of drug-likeness (QED) is 0.570. The third-order valence-corrected chi connectivity index (χ3v) is 5.04. The monoisotopic (exact) mass is 230 g/mol. The summed E-state index contributed by atoms with van der Waals surface area (Å²) in [6.07, 6.45) is 4.71. The first-order chi connectivity index (χ1) is 7.29. The zero-order valence-electron chi connectivity index (χ0n) is 9.50. The molecule has 0 amide bonds. The summed E-state index contributed by atoms with van der Waals surface area (Å²) in [4.78, 5) is 0. The molecule has 0 aromatic heterocycles. The number of hydrazine groups is 1. The van der Waals surface area contributed by atoms with Crippen LogP contribution in [0.4, 0.5) is 0 Å². The van der Waals surface area contributed by atoms with E-state index in [1.807, 2.05) is 11.8 Å². The van der Waals surface area contributed by atoms with Crippen LogP contribution in [0.3, 0.4) is 0 Å². The molecule has 1 spiro atoms. The number of ether oxygens (including phenoxy) is 1. The Labute approximate surface area is 96.5 Å². The first-order valence-corrected chi connectivity index (χ1v) is 7.13. The molecule has 2 rings (SSSR count). The van der Waals surface area contributed by atoms with E-state index in [0.29, 0.717) is 12.0 Å². The average Bonchev–Trinajstić information content (AvgIpc) is 2.68. The number of hydrogen-bond acceptors (Lipinski definition) is 4. The maximum atomic E-state index is 6.01. The van der Waals surface area contributed by atoms with E-state index in [9.17, 15) is 0 Å². The summed E-state index contributed by atoms with van der Waals surface area (Å²) in [6, 6.07) is 0.469. The number of hydrogen-bond donors (Lipinski definition) is 2. The first-order valence-electron chi connectivity index (χ1n) is 5.97. The lowest BCUT2D eigenvalue weighted by Gasteiger charge is -2.40. The van der Waals surface area contributed by atoms with Crippen molar-refractivity contribution in [3.8, 4) is 0 Å². The number of rotatable bonds is 3. The molecular weight excluding hydrogens is 208 g/mol. The van der Waals surface area contributed by atoms with Crippen LogP contribution in [0.25, 0.3) is 0 Å². The van der Waals surface area contributed by atoms with Gasteiger partial charge in [0.15, 0.2) is 0 Å².